The van der Waals surface area contributed by atoms with E-state index in [2.05, 4.69) is 10.1 Å². The number of anilines is 2. The Morgan fingerprint density at radius 2 is 1.59 bits per heavy atom. The fourth-order valence-corrected chi connectivity index (χ4v) is 8.02. The van der Waals surface area contributed by atoms with Gasteiger partial charge in [0, 0.05) is 41.2 Å². The van der Waals surface area contributed by atoms with E-state index in [0.29, 0.717) is 39.0 Å². The molecule has 5 aromatic rings. The molecule has 2 N–H and O–H groups in total. The van der Waals surface area contributed by atoms with Crippen LogP contribution in [0.15, 0.2) is 94.6 Å². The number of carbonyl (C=O) groups is 4. The summed E-state index contributed by atoms with van der Waals surface area (Å²) in [6, 6.07) is 22.5. The first-order valence-corrected chi connectivity index (χ1v) is 18.5. The third-order valence-electron chi connectivity index (χ3n) is 8.64. The van der Waals surface area contributed by atoms with Gasteiger partial charge in [-0.1, -0.05) is 54.6 Å². The number of benzene rings is 4. The molecule has 4 aromatic carbocycles. The van der Waals surface area contributed by atoms with Crippen molar-refractivity contribution in [1.82, 2.24) is 4.57 Å². The van der Waals surface area contributed by atoms with E-state index in [0.717, 1.165) is 7.11 Å². The molecule has 0 aliphatic heterocycles. The van der Waals surface area contributed by atoms with Crippen LogP contribution in [0.2, 0.25) is 0 Å². The summed E-state index contributed by atoms with van der Waals surface area (Å²) in [5.41, 5.74) is 1.97. The number of hydrogen-bond donors (Lipinski definition) is 2. The van der Waals surface area contributed by atoms with Crippen molar-refractivity contribution in [1.29, 1.82) is 0 Å². The number of ether oxygens (including phenoxy) is 1. The molecule has 0 amide bonds. The van der Waals surface area contributed by atoms with E-state index >= 15 is 0 Å². The lowest BCUT2D eigenvalue weighted by Crippen LogP contribution is -2.29. The summed E-state index contributed by atoms with van der Waals surface area (Å²) in [4.78, 5) is 66.3. The number of sulfone groups is 1. The normalized spacial score (nSPS) is 12.6. The summed E-state index contributed by atoms with van der Waals surface area (Å²) in [5, 5.41) is 3.55. The zero-order valence-electron chi connectivity index (χ0n) is 27.3. The van der Waals surface area contributed by atoms with Crippen LogP contribution in [0.1, 0.15) is 43.8 Å². The number of pyridine rings is 1. The molecule has 6 rings (SSSR count). The van der Waals surface area contributed by atoms with E-state index in [-0.39, 0.29) is 32.9 Å². The van der Waals surface area contributed by atoms with Gasteiger partial charge >= 0.3 is 5.97 Å². The Kier molecular flexibility index (Phi) is 9.66. The molecule has 1 aliphatic rings. The van der Waals surface area contributed by atoms with Gasteiger partial charge in [-0.2, -0.15) is 0 Å². The van der Waals surface area contributed by atoms with Crippen LogP contribution in [0.5, 0.6) is 0 Å². The molecule has 1 unspecified atom stereocenters. The first kappa shape index (κ1) is 35.3. The smallest absolute Gasteiger partial charge is 0.306 e. The summed E-state index contributed by atoms with van der Waals surface area (Å²) >= 11 is -2.53. The second-order valence-electron chi connectivity index (χ2n) is 11.9. The molecule has 1 heterocycles. The van der Waals surface area contributed by atoms with Crippen LogP contribution in [-0.2, 0) is 48.7 Å². The molecule has 14 heteroatoms. The number of aryl methyl sites for hydroxylation is 1. The van der Waals surface area contributed by atoms with E-state index in [1.807, 2.05) is 0 Å². The van der Waals surface area contributed by atoms with Crippen molar-refractivity contribution in [2.75, 3.05) is 23.9 Å². The Labute approximate surface area is 294 Å². The van der Waals surface area contributed by atoms with Crippen LogP contribution in [0.4, 0.5) is 11.4 Å². The molecule has 12 nitrogen and oxygen atoms in total. The van der Waals surface area contributed by atoms with Gasteiger partial charge in [-0.3, -0.25) is 24.0 Å². The third-order valence-corrected chi connectivity index (χ3v) is 11.0. The average molecular weight is 727 g/mol. The number of Topliss-reactive ketones (excluding diaryl/α,β-unsaturated/α-hetero) is 1. The number of nitrogens with one attached hydrogen (secondary N) is 1. The molecular formula is C37H30N2O10S2. The summed E-state index contributed by atoms with van der Waals surface area (Å²) in [6.07, 6.45) is -0.935. The van der Waals surface area contributed by atoms with Crippen molar-refractivity contribution >= 4 is 66.5 Å². The lowest BCUT2D eigenvalue weighted by Gasteiger charge is -2.25. The van der Waals surface area contributed by atoms with Gasteiger partial charge < -0.3 is 19.2 Å². The Morgan fingerprint density at radius 1 is 0.902 bits per heavy atom. The van der Waals surface area contributed by atoms with Gasteiger partial charge in [-0.25, -0.2) is 12.6 Å². The number of esters is 1. The summed E-state index contributed by atoms with van der Waals surface area (Å²) in [5.74, 6) is -3.88. The molecule has 1 aliphatic carbocycles. The Bertz CT molecular complexity index is 2490. The minimum atomic E-state index is -3.98. The maximum absolute atomic E-state index is 14.2. The topological polar surface area (TPSA) is 183 Å². The lowest BCUT2D eigenvalue weighted by molar-refractivity contribution is -0.140. The first-order valence-electron chi connectivity index (χ1n) is 15.5. The number of aromatic nitrogens is 1. The van der Waals surface area contributed by atoms with E-state index < -0.39 is 68.4 Å². The second-order valence-corrected chi connectivity index (χ2v) is 15.0. The van der Waals surface area contributed by atoms with Crippen molar-refractivity contribution in [3.05, 3.63) is 123 Å². The third kappa shape index (κ3) is 6.80. The van der Waals surface area contributed by atoms with E-state index in [9.17, 15) is 41.2 Å². The maximum atomic E-state index is 14.2. The highest BCUT2D eigenvalue weighted by molar-refractivity contribution is 7.92. The first-order chi connectivity index (χ1) is 24.3. The quantitative estimate of drug-likeness (QED) is 0.104. The Balaban J connectivity index is 1.45. The molecule has 51 heavy (non-hydrogen) atoms. The monoisotopic (exact) mass is 726 g/mol. The molecule has 0 radical (unpaired) electrons. The molecule has 0 saturated heterocycles. The van der Waals surface area contributed by atoms with Crippen LogP contribution in [-0.4, -0.2) is 63.7 Å². The van der Waals surface area contributed by atoms with E-state index in [1.165, 1.54) is 29.8 Å². The Hall–Kier alpha value is -5.57. The zero-order valence-corrected chi connectivity index (χ0v) is 28.9. The SMILES string of the molecule is COC(=O)CCS(=O)(=O)CC(=O)Cc1cc(Nc2ccc3c4c2C(=O)c2ccccc2-c4c(C(=O)c2ccccc2)c(=O)n3C)ccc1S(=O)O. The van der Waals surface area contributed by atoms with Crippen molar-refractivity contribution in [3.63, 3.8) is 0 Å². The summed E-state index contributed by atoms with van der Waals surface area (Å²) in [6.45, 7) is 0. The van der Waals surface area contributed by atoms with Gasteiger partial charge in [0.15, 0.2) is 38.3 Å². The highest BCUT2D eigenvalue weighted by Gasteiger charge is 2.34. The van der Waals surface area contributed by atoms with Crippen LogP contribution in [0, 0.1) is 0 Å². The van der Waals surface area contributed by atoms with Gasteiger partial charge in [0.25, 0.3) is 5.56 Å². The van der Waals surface area contributed by atoms with Gasteiger partial charge in [-0.05, 0) is 41.5 Å². The summed E-state index contributed by atoms with van der Waals surface area (Å²) < 4.78 is 52.9. The fraction of sp³-hybridized carbons (Fsp3) is 0.162. The molecule has 0 spiro atoms. The van der Waals surface area contributed by atoms with Crippen LogP contribution in [0.25, 0.3) is 22.0 Å². The van der Waals surface area contributed by atoms with Crippen LogP contribution in [0.3, 0.4) is 0 Å². The van der Waals surface area contributed by atoms with Gasteiger partial charge in [-0.15, -0.1) is 0 Å². The second kappa shape index (κ2) is 14.0. The minimum absolute atomic E-state index is 0.0685. The van der Waals surface area contributed by atoms with Gasteiger partial charge in [0.1, 0.15) is 5.75 Å². The number of hydrogen-bond acceptors (Lipinski definition) is 10. The molecule has 0 fully saturated rings. The maximum Gasteiger partial charge on any atom is 0.306 e. The number of nitrogens with zero attached hydrogens (tertiary/aromatic N) is 1. The molecule has 1 atom stereocenters. The number of fused-ring (bicyclic) bond motifs is 2. The molecule has 260 valence electrons. The highest BCUT2D eigenvalue weighted by atomic mass is 32.2. The van der Waals surface area contributed by atoms with Crippen molar-refractivity contribution < 1.29 is 41.1 Å². The predicted molar refractivity (Wildman–Crippen MR) is 191 cm³/mol. The molecular weight excluding hydrogens is 697 g/mol. The van der Waals surface area contributed by atoms with E-state index in [4.69, 9.17) is 0 Å². The standard InChI is InChI=1S/C37H30N2O10S2/c1-39-28-14-13-27(38-23-12-15-29(50(45)46)22(18-23)19-24(40)20-51(47,48)17-16-30(41)49-2)32-33(28)31(25-10-6-7-11-26(25)36(32)43)34(37(39)44)35(42)21-8-4-3-5-9-21/h3-15,18,38H,16-17,19-20H2,1-2H3,(H,45,46). The van der Waals surface area contributed by atoms with Crippen LogP contribution >= 0.6 is 0 Å². The fourth-order valence-electron chi connectivity index (χ4n) is 6.26. The summed E-state index contributed by atoms with van der Waals surface area (Å²) in [7, 11) is -1.34. The minimum Gasteiger partial charge on any atom is -0.469 e. The average Bonchev–Trinajstić information content (AvgIpc) is 3.11. The number of carbonyl (C=O) groups excluding carboxylic acids is 4. The van der Waals surface area contributed by atoms with Gasteiger partial charge in [0.05, 0.1) is 46.5 Å². The van der Waals surface area contributed by atoms with Crippen molar-refractivity contribution in [2.45, 2.75) is 17.7 Å². The molecule has 0 bridgehead atoms. The lowest BCUT2D eigenvalue weighted by atomic mass is 9.80. The van der Waals surface area contributed by atoms with Crippen molar-refractivity contribution in [2.24, 2.45) is 7.05 Å². The molecule has 1 aromatic heterocycles. The largest absolute Gasteiger partial charge is 0.469 e. The van der Waals surface area contributed by atoms with Gasteiger partial charge in [0.2, 0.25) is 0 Å². The predicted octanol–water partition coefficient (Wildman–Crippen LogP) is 4.39. The zero-order chi connectivity index (χ0) is 36.6. The van der Waals surface area contributed by atoms with Crippen molar-refractivity contribution in [3.8, 4) is 11.1 Å². The number of rotatable bonds is 12. The molecule has 0 saturated carbocycles. The van der Waals surface area contributed by atoms with Crippen LogP contribution < -0.4 is 10.9 Å². The van der Waals surface area contributed by atoms with E-state index in [1.54, 1.807) is 66.7 Å². The number of ketones is 3. The highest BCUT2D eigenvalue weighted by Crippen LogP contribution is 2.44. The Morgan fingerprint density at radius 3 is 2.27 bits per heavy atom. The number of methoxy groups -OCH3 is 1.